The summed E-state index contributed by atoms with van der Waals surface area (Å²) in [6, 6.07) is 14.2. The average Bonchev–Trinajstić information content (AvgIpc) is 2.90. The zero-order valence-electron chi connectivity index (χ0n) is 20.2. The van der Waals surface area contributed by atoms with Gasteiger partial charge in [-0.15, -0.1) is 0 Å². The third-order valence-electron chi connectivity index (χ3n) is 6.02. The van der Waals surface area contributed by atoms with Crippen molar-refractivity contribution < 1.29 is 39.9 Å². The van der Waals surface area contributed by atoms with Crippen LogP contribution in [0.4, 0.5) is 45.6 Å². The molecule has 0 radical (unpaired) electrons. The number of rotatable bonds is 6. The fraction of sp³-hybridized carbons (Fsp3) is 0.143. The SMILES string of the molecule is O=C(Nc1ccc(F)c(F)c1)NC(Cc1ccccc1)(c1cccc(C(F)(F)F)c1)c1ncccc1C(F)(F)F. The Labute approximate surface area is 222 Å². The van der Waals surface area contributed by atoms with Crippen LogP contribution in [0.5, 0.6) is 0 Å². The Balaban J connectivity index is 1.96. The summed E-state index contributed by atoms with van der Waals surface area (Å²) < 4.78 is 111. The molecule has 4 rings (SSSR count). The topological polar surface area (TPSA) is 54.0 Å². The Kier molecular flexibility index (Phi) is 7.81. The molecule has 4 nitrogen and oxygen atoms in total. The zero-order valence-corrected chi connectivity index (χ0v) is 20.2. The van der Waals surface area contributed by atoms with Gasteiger partial charge in [0.15, 0.2) is 11.6 Å². The molecule has 4 aromatic rings. The number of amides is 2. The molecule has 0 saturated carbocycles. The molecule has 0 aliphatic carbocycles. The molecule has 0 aliphatic rings. The van der Waals surface area contributed by atoms with Crippen LogP contribution in [0.15, 0.2) is 91.1 Å². The van der Waals surface area contributed by atoms with E-state index in [1.807, 2.05) is 0 Å². The molecule has 0 spiro atoms. The maximum atomic E-state index is 14.2. The molecule has 208 valence electrons. The lowest BCUT2D eigenvalue weighted by Gasteiger charge is -2.37. The predicted molar refractivity (Wildman–Crippen MR) is 130 cm³/mol. The van der Waals surface area contributed by atoms with Crippen LogP contribution in [0.2, 0.25) is 0 Å². The van der Waals surface area contributed by atoms with Gasteiger partial charge < -0.3 is 10.6 Å². The minimum atomic E-state index is -5.01. The Morgan fingerprint density at radius 2 is 1.43 bits per heavy atom. The van der Waals surface area contributed by atoms with Crippen LogP contribution in [0.3, 0.4) is 0 Å². The van der Waals surface area contributed by atoms with Crippen LogP contribution in [-0.4, -0.2) is 11.0 Å². The van der Waals surface area contributed by atoms with Crippen LogP contribution in [-0.2, 0) is 24.3 Å². The molecule has 0 saturated heterocycles. The van der Waals surface area contributed by atoms with Crippen molar-refractivity contribution in [3.8, 4) is 0 Å². The van der Waals surface area contributed by atoms with Crippen LogP contribution in [0.1, 0.15) is 27.9 Å². The lowest BCUT2D eigenvalue weighted by atomic mass is 9.78. The van der Waals surface area contributed by atoms with E-state index in [2.05, 4.69) is 15.6 Å². The van der Waals surface area contributed by atoms with Gasteiger partial charge in [-0.05, 0) is 47.5 Å². The number of alkyl halides is 6. The maximum absolute atomic E-state index is 14.2. The molecule has 40 heavy (non-hydrogen) atoms. The molecular weight excluding hydrogens is 546 g/mol. The van der Waals surface area contributed by atoms with Crippen molar-refractivity contribution in [1.29, 1.82) is 0 Å². The summed E-state index contributed by atoms with van der Waals surface area (Å²) in [5.41, 5.74) is -5.82. The summed E-state index contributed by atoms with van der Waals surface area (Å²) in [6.45, 7) is 0. The van der Waals surface area contributed by atoms with Gasteiger partial charge in [-0.3, -0.25) is 4.98 Å². The molecule has 1 unspecified atom stereocenters. The Hall–Kier alpha value is -4.48. The molecule has 1 aromatic heterocycles. The highest BCUT2D eigenvalue weighted by molar-refractivity contribution is 5.90. The van der Waals surface area contributed by atoms with Crippen molar-refractivity contribution in [2.45, 2.75) is 24.3 Å². The van der Waals surface area contributed by atoms with Gasteiger partial charge >= 0.3 is 18.4 Å². The molecule has 2 N–H and O–H groups in total. The number of nitrogens with one attached hydrogen (secondary N) is 2. The van der Waals surface area contributed by atoms with E-state index in [4.69, 9.17) is 0 Å². The second-order valence-electron chi connectivity index (χ2n) is 8.75. The van der Waals surface area contributed by atoms with E-state index in [1.54, 1.807) is 18.2 Å². The Morgan fingerprint density at radius 3 is 2.08 bits per heavy atom. The van der Waals surface area contributed by atoms with Crippen LogP contribution < -0.4 is 10.6 Å². The molecule has 12 heteroatoms. The van der Waals surface area contributed by atoms with E-state index in [-0.39, 0.29) is 11.3 Å². The van der Waals surface area contributed by atoms with Crippen molar-refractivity contribution in [3.05, 3.63) is 131 Å². The number of nitrogens with zero attached hydrogens (tertiary/aromatic N) is 1. The number of aromatic nitrogens is 1. The average molecular weight is 565 g/mol. The minimum absolute atomic E-state index is 0.258. The molecule has 2 amide bonds. The van der Waals surface area contributed by atoms with Crippen molar-refractivity contribution in [2.75, 3.05) is 5.32 Å². The van der Waals surface area contributed by atoms with Crippen LogP contribution >= 0.6 is 0 Å². The van der Waals surface area contributed by atoms with E-state index in [0.29, 0.717) is 23.8 Å². The van der Waals surface area contributed by atoms with Gasteiger partial charge in [0.1, 0.15) is 5.54 Å². The van der Waals surface area contributed by atoms with E-state index in [9.17, 15) is 39.9 Å². The smallest absolute Gasteiger partial charge is 0.322 e. The van der Waals surface area contributed by atoms with Crippen molar-refractivity contribution in [2.24, 2.45) is 0 Å². The van der Waals surface area contributed by atoms with Gasteiger partial charge in [0.2, 0.25) is 0 Å². The summed E-state index contributed by atoms with van der Waals surface area (Å²) in [6.07, 6.45) is -9.31. The molecule has 0 fully saturated rings. The predicted octanol–water partition coefficient (Wildman–Crippen LogP) is 7.71. The van der Waals surface area contributed by atoms with Gasteiger partial charge in [-0.25, -0.2) is 13.6 Å². The quantitative estimate of drug-likeness (QED) is 0.236. The molecule has 1 atom stereocenters. The largest absolute Gasteiger partial charge is 0.418 e. The molecule has 3 aromatic carbocycles. The summed E-state index contributed by atoms with van der Waals surface area (Å²) in [5.74, 6) is -2.52. The van der Waals surface area contributed by atoms with Gasteiger partial charge in [0.25, 0.3) is 0 Å². The molecule has 0 bridgehead atoms. The normalized spacial score (nSPS) is 13.4. The first-order valence-electron chi connectivity index (χ1n) is 11.6. The monoisotopic (exact) mass is 565 g/mol. The third kappa shape index (κ3) is 6.22. The number of anilines is 1. The van der Waals surface area contributed by atoms with E-state index in [1.165, 1.54) is 12.1 Å². The van der Waals surface area contributed by atoms with Crippen molar-refractivity contribution in [3.63, 3.8) is 0 Å². The Bertz CT molecular complexity index is 1510. The number of halogens is 8. The number of carbonyl (C=O) groups is 1. The van der Waals surface area contributed by atoms with Gasteiger partial charge in [0, 0.05) is 24.4 Å². The summed E-state index contributed by atoms with van der Waals surface area (Å²) in [7, 11) is 0. The fourth-order valence-electron chi connectivity index (χ4n) is 4.27. The second-order valence-corrected chi connectivity index (χ2v) is 8.75. The van der Waals surface area contributed by atoms with E-state index in [0.717, 1.165) is 42.6 Å². The van der Waals surface area contributed by atoms with Gasteiger partial charge in [-0.2, -0.15) is 26.3 Å². The van der Waals surface area contributed by atoms with E-state index < -0.39 is 58.8 Å². The third-order valence-corrected chi connectivity index (χ3v) is 6.02. The fourth-order valence-corrected chi connectivity index (χ4v) is 4.27. The first-order valence-corrected chi connectivity index (χ1v) is 11.6. The highest BCUT2D eigenvalue weighted by atomic mass is 19.4. The number of hydrogen-bond donors (Lipinski definition) is 2. The summed E-state index contributed by atoms with van der Waals surface area (Å²) >= 11 is 0. The zero-order chi connectivity index (χ0) is 29.1. The lowest BCUT2D eigenvalue weighted by molar-refractivity contribution is -0.139. The number of pyridine rings is 1. The lowest BCUT2D eigenvalue weighted by Crippen LogP contribution is -2.51. The highest BCUT2D eigenvalue weighted by Gasteiger charge is 2.46. The van der Waals surface area contributed by atoms with Crippen LogP contribution in [0.25, 0.3) is 0 Å². The van der Waals surface area contributed by atoms with Crippen molar-refractivity contribution in [1.82, 2.24) is 10.3 Å². The number of hydrogen-bond acceptors (Lipinski definition) is 2. The number of carbonyl (C=O) groups excluding carboxylic acids is 1. The molecule has 1 heterocycles. The number of urea groups is 1. The van der Waals surface area contributed by atoms with E-state index >= 15 is 0 Å². The van der Waals surface area contributed by atoms with Gasteiger partial charge in [-0.1, -0.05) is 42.5 Å². The molecular formula is C28H19F8N3O. The summed E-state index contributed by atoms with van der Waals surface area (Å²) in [4.78, 5) is 17.1. The Morgan fingerprint density at radius 1 is 0.725 bits per heavy atom. The minimum Gasteiger partial charge on any atom is -0.322 e. The molecule has 0 aliphatic heterocycles. The first-order chi connectivity index (χ1) is 18.8. The number of benzene rings is 3. The van der Waals surface area contributed by atoms with Crippen molar-refractivity contribution >= 4 is 11.7 Å². The standard InChI is InChI=1S/C28H19F8N3O/c29-22-12-11-20(15-23(22)30)38-25(40)39-26(16-17-6-2-1-3-7-17,18-8-4-9-19(14-18)27(31,32)33)24-21(28(34,35)36)10-5-13-37-24/h1-15H,16H2,(H2,38,39,40). The van der Waals surface area contributed by atoms with Gasteiger partial charge in [0.05, 0.1) is 16.8 Å². The second kappa shape index (κ2) is 10.9. The summed E-state index contributed by atoms with van der Waals surface area (Å²) in [5, 5.41) is 4.59. The highest BCUT2D eigenvalue weighted by Crippen LogP contribution is 2.42. The maximum Gasteiger partial charge on any atom is 0.418 e. The first kappa shape index (κ1) is 28.5. The van der Waals surface area contributed by atoms with Crippen LogP contribution in [0, 0.1) is 11.6 Å².